The van der Waals surface area contributed by atoms with Crippen molar-refractivity contribution >= 4 is 35.6 Å². The predicted octanol–water partition coefficient (Wildman–Crippen LogP) is -19.5. The van der Waals surface area contributed by atoms with Crippen molar-refractivity contribution in [1.29, 1.82) is 0 Å². The predicted molar refractivity (Wildman–Crippen MR) is 106 cm³/mol. The van der Waals surface area contributed by atoms with Gasteiger partial charge in [-0.25, -0.2) is 0 Å². The van der Waals surface area contributed by atoms with Gasteiger partial charge in [0.05, 0.1) is 21.3 Å². The van der Waals surface area contributed by atoms with Gasteiger partial charge in [0.25, 0.3) is 0 Å². The Morgan fingerprint density at radius 2 is 0.976 bits per heavy atom. The molecule has 0 spiro atoms. The Kier molecular flexibility index (Phi) is 39.7. The number of ether oxygens (including phenoxy) is 3. The molecule has 2 rings (SSSR count). The molecule has 2 aromatic rings. The molecule has 41 heavy (non-hydrogen) atoms. The van der Waals surface area contributed by atoms with Crippen LogP contribution in [0.3, 0.4) is 0 Å². The molecule has 0 aromatic heterocycles. The zero-order chi connectivity index (χ0) is 26.6. The molecule has 15 nitrogen and oxygen atoms in total. The maximum absolute atomic E-state index is 11.2. The van der Waals surface area contributed by atoms with E-state index in [4.69, 9.17) is 14.2 Å². The van der Waals surface area contributed by atoms with Crippen LogP contribution < -0.4 is 406 Å². The van der Waals surface area contributed by atoms with Crippen molar-refractivity contribution in [2.75, 3.05) is 21.3 Å². The number of hydrogen-bond acceptors (Lipinski definition) is 15. The molecule has 0 radical (unpaired) electrons. The monoisotopic (exact) mass is 1060 g/mol. The van der Waals surface area contributed by atoms with E-state index < -0.39 is 46.5 Å². The number of phosphoric ester groups is 3. The molecule has 0 fully saturated rings. The molecule has 0 unspecified atom stereocenters. The van der Waals surface area contributed by atoms with Crippen LogP contribution in [0.15, 0.2) is 24.3 Å². The molecule has 0 bridgehead atoms. The van der Waals surface area contributed by atoms with E-state index >= 15 is 0 Å². The summed E-state index contributed by atoms with van der Waals surface area (Å²) in [4.78, 5) is 66.9. The molecule has 0 aliphatic carbocycles. The van der Waals surface area contributed by atoms with E-state index in [1.165, 1.54) is 19.3 Å². The van der Waals surface area contributed by atoms with Crippen LogP contribution in [0.1, 0.15) is 11.1 Å². The van der Waals surface area contributed by atoms with Crippen LogP contribution in [0.2, 0.25) is 0 Å². The minimum atomic E-state index is -5.81. The number of benzene rings is 2. The first-order valence-corrected chi connectivity index (χ1v) is 13.2. The normalized spacial score (nSPS) is 10.6. The van der Waals surface area contributed by atoms with Gasteiger partial charge in [-0.15, -0.1) is 0 Å². The van der Waals surface area contributed by atoms with Crippen LogP contribution in [0.25, 0.3) is 12.2 Å². The number of rotatable bonds is 11. The van der Waals surface area contributed by atoms with Gasteiger partial charge in [-0.1, -0.05) is 12.2 Å². The Labute approximate surface area is 529 Å². The molecule has 2 aromatic carbocycles. The topological polar surface area (TPSA) is 245 Å². The van der Waals surface area contributed by atoms with Crippen molar-refractivity contribution < 1.29 is 420 Å². The zero-order valence-electron chi connectivity index (χ0n) is 23.9. The molecule has 0 saturated carbocycles. The molecular formula is C17H15O15P3Rb6. The molecular weight excluding hydrogens is 1050 g/mol. The van der Waals surface area contributed by atoms with Crippen molar-refractivity contribution in [3.05, 3.63) is 35.4 Å². The van der Waals surface area contributed by atoms with Crippen molar-refractivity contribution in [1.82, 2.24) is 0 Å². The minimum Gasteiger partial charge on any atom is -0.780 e. The summed E-state index contributed by atoms with van der Waals surface area (Å²) in [5.74, 6) is -3.30. The average Bonchev–Trinajstić information content (AvgIpc) is 2.70. The molecule has 24 heteroatoms. The van der Waals surface area contributed by atoms with Gasteiger partial charge in [0.15, 0.2) is 23.0 Å². The van der Waals surface area contributed by atoms with E-state index in [0.717, 1.165) is 38.5 Å². The summed E-state index contributed by atoms with van der Waals surface area (Å²) in [7, 11) is -13.7. The fourth-order valence-electron chi connectivity index (χ4n) is 2.68. The zero-order valence-corrected chi connectivity index (χ0v) is 56.1. The summed E-state index contributed by atoms with van der Waals surface area (Å²) in [6.45, 7) is 0. The van der Waals surface area contributed by atoms with E-state index in [2.05, 4.69) is 13.6 Å². The second kappa shape index (κ2) is 27.8. The molecule has 0 atom stereocenters. The van der Waals surface area contributed by atoms with Gasteiger partial charge in [-0.3, -0.25) is 0 Å². The Balaban J connectivity index is -0.000000720. The smallest absolute Gasteiger partial charge is 0.780 e. The molecule has 0 aliphatic rings. The van der Waals surface area contributed by atoms with Gasteiger partial charge in [0.2, 0.25) is 11.5 Å². The quantitative estimate of drug-likeness (QED) is 0.150. The first-order valence-electron chi connectivity index (χ1n) is 8.87. The van der Waals surface area contributed by atoms with Gasteiger partial charge in [-0.05, 0) is 29.8 Å². The summed E-state index contributed by atoms with van der Waals surface area (Å²) in [5, 5.41) is 0. The number of phosphoric acid groups is 3. The number of methoxy groups -OCH3 is 3. The van der Waals surface area contributed by atoms with Crippen LogP contribution in [-0.4, -0.2) is 21.3 Å². The SMILES string of the molecule is COc1cc(/C=C\c2ccc(OC)c(OP(=O)([O-])[O-])c2OP(=O)([O-])[O-])cc(OP(=O)([O-])[O-])c1OC.[Rb+].[Rb+].[Rb+].[Rb+].[Rb+].[Rb+]. The molecule has 0 heterocycles. The van der Waals surface area contributed by atoms with Crippen LogP contribution in [0.5, 0.6) is 34.5 Å². The van der Waals surface area contributed by atoms with E-state index in [-0.39, 0.29) is 372 Å². The van der Waals surface area contributed by atoms with Crippen molar-refractivity contribution in [2.45, 2.75) is 0 Å². The van der Waals surface area contributed by atoms with Gasteiger partial charge in [0, 0.05) is 5.56 Å². The standard InChI is InChI=1S/C17H21O15P3.6Rb/c1-27-12-7-6-11(15(31-34(21,22)23)17(12)32-35(24,25)26)5-4-10-8-13(28-2)16(29-3)14(9-10)30-33(18,19)20;;;;;;/h4-9H,1-3H3,(H2,18,19,20)(H2,21,22,23)(H2,24,25,26);;;;;;/q;6*+1/p-6/b5-4-;;;;;;. The Hall–Kier alpha value is 8.26. The Bertz CT molecular complexity index is 1260. The van der Waals surface area contributed by atoms with E-state index in [9.17, 15) is 43.1 Å². The summed E-state index contributed by atoms with van der Waals surface area (Å²) in [6.07, 6.45) is 2.24. The molecule has 0 N–H and O–H groups in total. The fourth-order valence-corrected chi connectivity index (χ4v) is 3.86. The van der Waals surface area contributed by atoms with E-state index in [1.807, 2.05) is 0 Å². The van der Waals surface area contributed by atoms with E-state index in [0.29, 0.717) is 0 Å². The summed E-state index contributed by atoms with van der Waals surface area (Å²) in [5.41, 5.74) is -0.210. The second-order valence-corrected chi connectivity index (χ2v) is 9.45. The summed E-state index contributed by atoms with van der Waals surface area (Å²) < 4.78 is 61.3. The van der Waals surface area contributed by atoms with Gasteiger partial charge in [-0.2, -0.15) is 0 Å². The third kappa shape index (κ3) is 22.8. The molecule has 0 saturated heterocycles. The van der Waals surface area contributed by atoms with Crippen LogP contribution in [0, 0.1) is 0 Å². The molecule has 194 valence electrons. The first-order chi connectivity index (χ1) is 16.1. The number of hydrogen-bond donors (Lipinski definition) is 0. The average molecular weight is 1070 g/mol. The Morgan fingerprint density at radius 3 is 1.39 bits per heavy atom. The minimum absolute atomic E-state index is 0. The third-order valence-corrected chi connectivity index (χ3v) is 5.10. The fraction of sp³-hybridized carbons (Fsp3) is 0.176. The summed E-state index contributed by atoms with van der Waals surface area (Å²) in [6, 6.07) is 4.53. The third-order valence-electron chi connectivity index (χ3n) is 3.87. The van der Waals surface area contributed by atoms with Crippen LogP contribution in [-0.2, 0) is 13.7 Å². The maximum Gasteiger partial charge on any atom is 1.00 e. The maximum atomic E-state index is 11.2. The largest absolute Gasteiger partial charge is 1.00 e. The summed E-state index contributed by atoms with van der Waals surface area (Å²) >= 11 is 0. The Morgan fingerprint density at radius 1 is 0.537 bits per heavy atom. The molecule has 0 amide bonds. The van der Waals surface area contributed by atoms with Gasteiger partial charge in [0.1, 0.15) is 23.5 Å². The van der Waals surface area contributed by atoms with Crippen LogP contribution >= 0.6 is 23.5 Å². The van der Waals surface area contributed by atoms with Crippen molar-refractivity contribution in [3.63, 3.8) is 0 Å². The molecule has 0 aliphatic heterocycles. The van der Waals surface area contributed by atoms with Crippen molar-refractivity contribution in [3.8, 4) is 34.5 Å². The van der Waals surface area contributed by atoms with E-state index in [1.54, 1.807) is 0 Å². The van der Waals surface area contributed by atoms with Gasteiger partial charge < -0.3 is 70.8 Å². The van der Waals surface area contributed by atoms with Crippen molar-refractivity contribution in [2.24, 2.45) is 0 Å². The first kappa shape index (κ1) is 58.6. The second-order valence-electron chi connectivity index (χ2n) is 6.22. The van der Waals surface area contributed by atoms with Crippen LogP contribution in [0.4, 0.5) is 0 Å². The van der Waals surface area contributed by atoms with Gasteiger partial charge >= 0.3 is 349 Å².